The van der Waals surface area contributed by atoms with E-state index in [1.54, 1.807) is 14.0 Å². The molecule has 140 valence electrons. The zero-order valence-electron chi connectivity index (χ0n) is 16.3. The van der Waals surface area contributed by atoms with Crippen LogP contribution in [0.1, 0.15) is 42.5 Å². The number of carbonyl (C=O) groups is 1. The molecular formula is C21H24N4O2. The van der Waals surface area contributed by atoms with Gasteiger partial charge in [0, 0.05) is 0 Å². The van der Waals surface area contributed by atoms with E-state index in [-0.39, 0.29) is 17.0 Å². The van der Waals surface area contributed by atoms with Gasteiger partial charge in [0.1, 0.15) is 5.75 Å². The van der Waals surface area contributed by atoms with Crippen molar-refractivity contribution in [2.75, 3.05) is 12.4 Å². The molecule has 0 radical (unpaired) electrons. The van der Waals surface area contributed by atoms with Gasteiger partial charge in [-0.2, -0.15) is 9.90 Å². The first-order valence-corrected chi connectivity index (χ1v) is 8.79. The molecule has 27 heavy (non-hydrogen) atoms. The van der Waals surface area contributed by atoms with Gasteiger partial charge in [0.15, 0.2) is 5.69 Å². The number of aryl methyl sites for hydroxylation is 1. The van der Waals surface area contributed by atoms with Crippen molar-refractivity contribution in [3.8, 4) is 11.4 Å². The molecule has 3 aromatic rings. The van der Waals surface area contributed by atoms with Gasteiger partial charge in [0.2, 0.25) is 0 Å². The van der Waals surface area contributed by atoms with Gasteiger partial charge in [-0.05, 0) is 42.2 Å². The third-order valence-electron chi connectivity index (χ3n) is 4.30. The van der Waals surface area contributed by atoms with Gasteiger partial charge in [0.05, 0.1) is 24.2 Å². The lowest BCUT2D eigenvalue weighted by atomic mass is 9.87. The van der Waals surface area contributed by atoms with Gasteiger partial charge < -0.3 is 10.1 Å². The predicted molar refractivity (Wildman–Crippen MR) is 106 cm³/mol. The summed E-state index contributed by atoms with van der Waals surface area (Å²) < 4.78 is 5.40. The van der Waals surface area contributed by atoms with Gasteiger partial charge in [-0.1, -0.05) is 45.0 Å². The van der Waals surface area contributed by atoms with Gasteiger partial charge >= 0.3 is 0 Å². The monoisotopic (exact) mass is 364 g/mol. The van der Waals surface area contributed by atoms with Crippen molar-refractivity contribution >= 4 is 11.6 Å². The SMILES string of the molecule is COc1ccc(C(C)(C)C)cc1NC(=O)c1nn(-c2ccccc2)nc1C. The Bertz CT molecular complexity index is 956. The number of nitrogens with one attached hydrogen (secondary N) is 1. The molecule has 1 N–H and O–H groups in total. The van der Waals surface area contributed by atoms with Crippen LogP contribution in [0, 0.1) is 6.92 Å². The molecular weight excluding hydrogens is 340 g/mol. The van der Waals surface area contributed by atoms with Crippen LogP contribution in [0.5, 0.6) is 5.75 Å². The lowest BCUT2D eigenvalue weighted by molar-refractivity contribution is 0.102. The van der Waals surface area contributed by atoms with Crippen LogP contribution >= 0.6 is 0 Å². The maximum Gasteiger partial charge on any atom is 0.278 e. The van der Waals surface area contributed by atoms with E-state index in [9.17, 15) is 4.79 Å². The van der Waals surface area contributed by atoms with Crippen molar-refractivity contribution < 1.29 is 9.53 Å². The minimum atomic E-state index is -0.320. The van der Waals surface area contributed by atoms with Crippen molar-refractivity contribution in [3.05, 3.63) is 65.5 Å². The summed E-state index contributed by atoms with van der Waals surface area (Å²) in [7, 11) is 1.58. The predicted octanol–water partition coefficient (Wildman–Crippen LogP) is 4.13. The molecule has 6 heteroatoms. The molecule has 0 saturated heterocycles. The number of methoxy groups -OCH3 is 1. The van der Waals surface area contributed by atoms with Crippen molar-refractivity contribution in [1.29, 1.82) is 0 Å². The summed E-state index contributed by atoms with van der Waals surface area (Å²) in [6, 6.07) is 15.3. The highest BCUT2D eigenvalue weighted by molar-refractivity contribution is 6.04. The van der Waals surface area contributed by atoms with Gasteiger partial charge in [-0.3, -0.25) is 4.79 Å². The van der Waals surface area contributed by atoms with Crippen LogP contribution in [0.4, 0.5) is 5.69 Å². The second-order valence-electron chi connectivity index (χ2n) is 7.38. The fraction of sp³-hybridized carbons (Fsp3) is 0.286. The summed E-state index contributed by atoms with van der Waals surface area (Å²) in [4.78, 5) is 14.3. The average molecular weight is 364 g/mol. The number of amides is 1. The molecule has 1 heterocycles. The fourth-order valence-corrected chi connectivity index (χ4v) is 2.72. The molecule has 0 unspecified atom stereocenters. The number of hydrogen-bond acceptors (Lipinski definition) is 4. The van der Waals surface area contributed by atoms with Crippen LogP contribution in [0.2, 0.25) is 0 Å². The topological polar surface area (TPSA) is 69.0 Å². The maximum absolute atomic E-state index is 12.8. The number of benzene rings is 2. The summed E-state index contributed by atoms with van der Waals surface area (Å²) in [5.41, 5.74) is 3.31. The lowest BCUT2D eigenvalue weighted by Gasteiger charge is -2.21. The Morgan fingerprint density at radius 2 is 1.78 bits per heavy atom. The number of aromatic nitrogens is 3. The summed E-state index contributed by atoms with van der Waals surface area (Å²) in [6.07, 6.45) is 0. The molecule has 3 rings (SSSR count). The number of anilines is 1. The first-order valence-electron chi connectivity index (χ1n) is 8.79. The molecule has 0 spiro atoms. The maximum atomic E-state index is 12.8. The molecule has 0 bridgehead atoms. The highest BCUT2D eigenvalue weighted by Crippen LogP contribution is 2.31. The van der Waals surface area contributed by atoms with E-state index in [2.05, 4.69) is 36.3 Å². The fourth-order valence-electron chi connectivity index (χ4n) is 2.72. The van der Waals surface area contributed by atoms with E-state index in [4.69, 9.17) is 4.74 Å². The molecule has 0 atom stereocenters. The van der Waals surface area contributed by atoms with Crippen LogP contribution in [-0.2, 0) is 5.41 Å². The Balaban J connectivity index is 1.91. The zero-order chi connectivity index (χ0) is 19.6. The summed E-state index contributed by atoms with van der Waals surface area (Å²) in [6.45, 7) is 8.13. The number of hydrogen-bond donors (Lipinski definition) is 1. The number of ether oxygens (including phenoxy) is 1. The summed E-state index contributed by atoms with van der Waals surface area (Å²) >= 11 is 0. The van der Waals surface area contributed by atoms with E-state index in [1.807, 2.05) is 48.5 Å². The third-order valence-corrected chi connectivity index (χ3v) is 4.30. The zero-order valence-corrected chi connectivity index (χ0v) is 16.3. The molecule has 0 aliphatic carbocycles. The first-order chi connectivity index (χ1) is 12.8. The molecule has 0 saturated carbocycles. The van der Waals surface area contributed by atoms with Crippen LogP contribution in [0.15, 0.2) is 48.5 Å². The molecule has 0 aliphatic heterocycles. The molecule has 2 aromatic carbocycles. The summed E-state index contributed by atoms with van der Waals surface area (Å²) in [5, 5.41) is 11.6. The van der Waals surface area contributed by atoms with Crippen LogP contribution in [-0.4, -0.2) is 28.0 Å². The van der Waals surface area contributed by atoms with Crippen LogP contribution < -0.4 is 10.1 Å². The van der Waals surface area contributed by atoms with E-state index < -0.39 is 0 Å². The first kappa shape index (κ1) is 18.6. The smallest absolute Gasteiger partial charge is 0.278 e. The Labute approximate surface area is 159 Å². The van der Waals surface area contributed by atoms with Gasteiger partial charge in [-0.25, -0.2) is 0 Å². The van der Waals surface area contributed by atoms with Crippen molar-refractivity contribution in [2.45, 2.75) is 33.1 Å². The second-order valence-corrected chi connectivity index (χ2v) is 7.38. The summed E-state index contributed by atoms with van der Waals surface area (Å²) in [5.74, 6) is 0.281. The van der Waals surface area contributed by atoms with Crippen molar-refractivity contribution in [2.24, 2.45) is 0 Å². The van der Waals surface area contributed by atoms with E-state index in [0.29, 0.717) is 17.1 Å². The highest BCUT2D eigenvalue weighted by atomic mass is 16.5. The Hall–Kier alpha value is -3.15. The molecule has 6 nitrogen and oxygen atoms in total. The second kappa shape index (κ2) is 7.23. The largest absolute Gasteiger partial charge is 0.495 e. The molecule has 0 aliphatic rings. The lowest BCUT2D eigenvalue weighted by Crippen LogP contribution is -2.17. The van der Waals surface area contributed by atoms with E-state index in [0.717, 1.165) is 11.3 Å². The van der Waals surface area contributed by atoms with Gasteiger partial charge in [-0.15, -0.1) is 5.10 Å². The van der Waals surface area contributed by atoms with Crippen LogP contribution in [0.3, 0.4) is 0 Å². The van der Waals surface area contributed by atoms with E-state index >= 15 is 0 Å². The van der Waals surface area contributed by atoms with Crippen LogP contribution in [0.25, 0.3) is 5.69 Å². The Morgan fingerprint density at radius 1 is 1.07 bits per heavy atom. The number of para-hydroxylation sites is 1. The molecule has 1 amide bonds. The average Bonchev–Trinajstić information content (AvgIpc) is 3.03. The molecule has 1 aromatic heterocycles. The van der Waals surface area contributed by atoms with Crippen molar-refractivity contribution in [3.63, 3.8) is 0 Å². The minimum absolute atomic E-state index is 0.0435. The van der Waals surface area contributed by atoms with Crippen molar-refractivity contribution in [1.82, 2.24) is 15.0 Å². The third kappa shape index (κ3) is 4.00. The number of carbonyl (C=O) groups excluding carboxylic acids is 1. The Kier molecular flexibility index (Phi) is 4.99. The van der Waals surface area contributed by atoms with Gasteiger partial charge in [0.25, 0.3) is 5.91 Å². The normalized spacial score (nSPS) is 11.3. The molecule has 0 fully saturated rings. The standard InChI is InChI=1S/C21H24N4O2/c1-14-19(24-25(23-14)16-9-7-6-8-10-16)20(26)22-17-13-15(21(2,3)4)11-12-18(17)27-5/h6-13H,1-5H3,(H,22,26). The highest BCUT2D eigenvalue weighted by Gasteiger charge is 2.20. The Morgan fingerprint density at radius 3 is 2.41 bits per heavy atom. The van der Waals surface area contributed by atoms with E-state index in [1.165, 1.54) is 4.80 Å². The minimum Gasteiger partial charge on any atom is -0.495 e. The quantitative estimate of drug-likeness (QED) is 0.756. The number of rotatable bonds is 4. The number of nitrogens with zero attached hydrogens (tertiary/aromatic N) is 3.